The lowest BCUT2D eigenvalue weighted by Gasteiger charge is -2.62. The van der Waals surface area contributed by atoms with E-state index in [0.29, 0.717) is 61.6 Å². The van der Waals surface area contributed by atoms with Gasteiger partial charge in [0.25, 0.3) is 0 Å². The Morgan fingerprint density at radius 3 is 2.18 bits per heavy atom. The highest BCUT2D eigenvalue weighted by Crippen LogP contribution is 2.69. The molecule has 0 saturated heterocycles. The first-order valence-corrected chi connectivity index (χ1v) is 18.0. The quantitative estimate of drug-likeness (QED) is 0.124. The molecule has 8 nitrogen and oxygen atoms in total. The van der Waals surface area contributed by atoms with E-state index in [2.05, 4.69) is 27.7 Å². The molecule has 4 N–H and O–H groups in total. The molecule has 0 heterocycles. The van der Waals surface area contributed by atoms with E-state index in [1.165, 1.54) is 25.7 Å². The first-order chi connectivity index (χ1) is 21.1. The zero-order chi connectivity index (χ0) is 31.9. The average molecular weight is 619 g/mol. The maximum Gasteiger partial charge on any atom is 0.307 e. The van der Waals surface area contributed by atoms with Gasteiger partial charge in [0.2, 0.25) is 0 Å². The highest BCUT2D eigenvalue weighted by Gasteiger charge is 2.64. The van der Waals surface area contributed by atoms with Gasteiger partial charge < -0.3 is 25.7 Å². The fourth-order valence-corrected chi connectivity index (χ4v) is 10.4. The summed E-state index contributed by atoms with van der Waals surface area (Å²) in [5.41, 5.74) is 11.6. The summed E-state index contributed by atoms with van der Waals surface area (Å²) in [7, 11) is 0. The second-order valence-electron chi connectivity index (χ2n) is 15.2. The SMILES string of the molecule is CCCCCCOC(=O)CC[C@@H](C)C1CCC2C3C(OC(=O)CCN)CC4C[C@H](OC(=O)CCN)CCC4(C)C3CCC21C. The molecule has 4 aliphatic rings. The van der Waals surface area contributed by atoms with Crippen LogP contribution in [0.15, 0.2) is 0 Å². The van der Waals surface area contributed by atoms with Crippen LogP contribution in [0.1, 0.15) is 130 Å². The van der Waals surface area contributed by atoms with Crippen LogP contribution >= 0.6 is 0 Å². The Labute approximate surface area is 266 Å². The number of rotatable bonds is 15. The molecule has 10 atom stereocenters. The fourth-order valence-electron chi connectivity index (χ4n) is 10.4. The van der Waals surface area contributed by atoms with Gasteiger partial charge in [-0.15, -0.1) is 0 Å². The molecule has 0 aromatic carbocycles. The largest absolute Gasteiger partial charge is 0.466 e. The molecule has 0 radical (unpaired) electrons. The molecule has 44 heavy (non-hydrogen) atoms. The lowest BCUT2D eigenvalue weighted by Crippen LogP contribution is -2.59. The summed E-state index contributed by atoms with van der Waals surface area (Å²) in [6.07, 6.45) is 14.3. The molecule has 0 amide bonds. The number of hydrogen-bond acceptors (Lipinski definition) is 8. The third-order valence-corrected chi connectivity index (χ3v) is 12.7. The van der Waals surface area contributed by atoms with Crippen LogP contribution in [0.5, 0.6) is 0 Å². The molecule has 0 aliphatic heterocycles. The van der Waals surface area contributed by atoms with Crippen molar-refractivity contribution in [2.24, 2.45) is 57.8 Å². The van der Waals surface area contributed by atoms with Gasteiger partial charge in [-0.25, -0.2) is 0 Å². The van der Waals surface area contributed by atoms with E-state index in [9.17, 15) is 14.4 Å². The summed E-state index contributed by atoms with van der Waals surface area (Å²) in [5, 5.41) is 0. The Morgan fingerprint density at radius 2 is 1.48 bits per heavy atom. The standard InChI is InChI=1S/C36H62N2O6/c1-5-6-7-8-21-42-31(39)12-9-24(2)27-10-11-28-34-29(14-18-36(27,28)4)35(3)17-13-26(43-32(40)15-19-37)22-25(35)23-30(34)44-33(41)16-20-38/h24-30,34H,5-23,37-38H2,1-4H3/t24-,25?,26-,27?,28?,29?,30?,34?,35?,36?/m1/s1. The Bertz CT molecular complexity index is 974. The number of nitrogens with two attached hydrogens (primary N) is 2. The van der Waals surface area contributed by atoms with Gasteiger partial charge in [-0.3, -0.25) is 14.4 Å². The topological polar surface area (TPSA) is 131 Å². The summed E-state index contributed by atoms with van der Waals surface area (Å²) in [6, 6.07) is 0. The Kier molecular flexibility index (Phi) is 12.6. The van der Waals surface area contributed by atoms with E-state index in [-0.39, 0.29) is 53.8 Å². The molecule has 252 valence electrons. The number of carbonyl (C=O) groups excluding carboxylic acids is 3. The second-order valence-corrected chi connectivity index (χ2v) is 15.2. The molecule has 0 aromatic rings. The van der Waals surface area contributed by atoms with Crippen molar-refractivity contribution in [1.82, 2.24) is 0 Å². The van der Waals surface area contributed by atoms with Gasteiger partial charge in [-0.05, 0) is 105 Å². The fraction of sp³-hybridized carbons (Fsp3) is 0.917. The lowest BCUT2D eigenvalue weighted by molar-refractivity contribution is -0.198. The normalized spacial score (nSPS) is 36.8. The van der Waals surface area contributed by atoms with Crippen molar-refractivity contribution >= 4 is 17.9 Å². The van der Waals surface area contributed by atoms with Gasteiger partial charge in [-0.2, -0.15) is 0 Å². The molecule has 0 aromatic heterocycles. The maximum atomic E-state index is 12.9. The third kappa shape index (κ3) is 7.82. The summed E-state index contributed by atoms with van der Waals surface area (Å²) >= 11 is 0. The maximum absolute atomic E-state index is 12.9. The van der Waals surface area contributed by atoms with Crippen molar-refractivity contribution in [2.45, 2.75) is 143 Å². The minimum absolute atomic E-state index is 0.0563. The Hall–Kier alpha value is -1.67. The summed E-state index contributed by atoms with van der Waals surface area (Å²) < 4.78 is 17.7. The van der Waals surface area contributed by atoms with Crippen LogP contribution in [0.4, 0.5) is 0 Å². The molecule has 8 heteroatoms. The molecule has 4 aliphatic carbocycles. The van der Waals surface area contributed by atoms with Crippen LogP contribution in [-0.2, 0) is 28.6 Å². The molecule has 4 rings (SSSR count). The van der Waals surface area contributed by atoms with Crippen LogP contribution < -0.4 is 11.5 Å². The highest BCUT2D eigenvalue weighted by molar-refractivity contribution is 5.70. The van der Waals surface area contributed by atoms with E-state index in [0.717, 1.165) is 57.8 Å². The second kappa shape index (κ2) is 15.8. The molecular formula is C36H62N2O6. The highest BCUT2D eigenvalue weighted by atomic mass is 16.5. The van der Waals surface area contributed by atoms with Crippen molar-refractivity contribution in [3.05, 3.63) is 0 Å². The number of fused-ring (bicyclic) bond motifs is 5. The summed E-state index contributed by atoms with van der Waals surface area (Å²) in [5.74, 6) is 2.19. The number of unbranched alkanes of at least 4 members (excludes halogenated alkanes) is 3. The first-order valence-electron chi connectivity index (χ1n) is 18.0. The van der Waals surface area contributed by atoms with Gasteiger partial charge in [-0.1, -0.05) is 47.0 Å². The number of esters is 3. The minimum atomic E-state index is -0.208. The molecule has 4 saturated carbocycles. The average Bonchev–Trinajstić information content (AvgIpc) is 3.34. The van der Waals surface area contributed by atoms with Crippen molar-refractivity contribution in [3.63, 3.8) is 0 Å². The van der Waals surface area contributed by atoms with E-state index < -0.39 is 0 Å². The first kappa shape index (κ1) is 35.2. The zero-order valence-corrected chi connectivity index (χ0v) is 28.2. The van der Waals surface area contributed by atoms with Crippen LogP contribution in [0, 0.1) is 46.3 Å². The van der Waals surface area contributed by atoms with Gasteiger partial charge in [0, 0.05) is 25.4 Å². The molecule has 0 spiro atoms. The number of ether oxygens (including phenoxy) is 3. The van der Waals surface area contributed by atoms with Gasteiger partial charge in [0.05, 0.1) is 19.4 Å². The van der Waals surface area contributed by atoms with Crippen LogP contribution in [-0.4, -0.2) is 49.8 Å². The third-order valence-electron chi connectivity index (χ3n) is 12.7. The lowest BCUT2D eigenvalue weighted by atomic mass is 9.43. The predicted molar refractivity (Wildman–Crippen MR) is 171 cm³/mol. The van der Waals surface area contributed by atoms with E-state index in [4.69, 9.17) is 25.7 Å². The van der Waals surface area contributed by atoms with Crippen LogP contribution in [0.25, 0.3) is 0 Å². The van der Waals surface area contributed by atoms with Gasteiger partial charge in [0.15, 0.2) is 0 Å². The van der Waals surface area contributed by atoms with Crippen molar-refractivity contribution < 1.29 is 28.6 Å². The van der Waals surface area contributed by atoms with Crippen molar-refractivity contribution in [3.8, 4) is 0 Å². The molecule has 4 fully saturated rings. The van der Waals surface area contributed by atoms with E-state index in [1.54, 1.807) is 0 Å². The van der Waals surface area contributed by atoms with Crippen LogP contribution in [0.3, 0.4) is 0 Å². The van der Waals surface area contributed by atoms with Crippen molar-refractivity contribution in [2.75, 3.05) is 19.7 Å². The molecule has 0 bridgehead atoms. The smallest absolute Gasteiger partial charge is 0.307 e. The molecule has 8 unspecified atom stereocenters. The summed E-state index contributed by atoms with van der Waals surface area (Å²) in [6.45, 7) is 10.6. The van der Waals surface area contributed by atoms with E-state index >= 15 is 0 Å². The number of carbonyl (C=O) groups is 3. The molecular weight excluding hydrogens is 556 g/mol. The zero-order valence-electron chi connectivity index (χ0n) is 28.2. The minimum Gasteiger partial charge on any atom is -0.466 e. The predicted octanol–water partition coefficient (Wildman–Crippen LogP) is 6.32. The van der Waals surface area contributed by atoms with E-state index in [1.807, 2.05) is 0 Å². The summed E-state index contributed by atoms with van der Waals surface area (Å²) in [4.78, 5) is 37.7. The number of hydrogen-bond donors (Lipinski definition) is 2. The monoisotopic (exact) mass is 618 g/mol. The van der Waals surface area contributed by atoms with Gasteiger partial charge >= 0.3 is 17.9 Å². The Morgan fingerprint density at radius 1 is 0.795 bits per heavy atom. The van der Waals surface area contributed by atoms with Crippen molar-refractivity contribution in [1.29, 1.82) is 0 Å². The Balaban J connectivity index is 1.45. The van der Waals surface area contributed by atoms with Gasteiger partial charge in [0.1, 0.15) is 12.2 Å². The van der Waals surface area contributed by atoms with Crippen LogP contribution in [0.2, 0.25) is 0 Å².